The van der Waals surface area contributed by atoms with Crippen molar-refractivity contribution in [3.05, 3.63) is 0 Å². The molecule has 1 fully saturated rings. The lowest BCUT2D eigenvalue weighted by Crippen LogP contribution is -2.43. The van der Waals surface area contributed by atoms with Crippen molar-refractivity contribution in [2.75, 3.05) is 12.4 Å². The van der Waals surface area contributed by atoms with Gasteiger partial charge in [0, 0.05) is 12.1 Å². The molecule has 0 spiro atoms. The monoisotopic (exact) mass is 175 g/mol. The summed E-state index contributed by atoms with van der Waals surface area (Å²) in [5, 5.41) is 0. The molecule has 1 heterocycles. The summed E-state index contributed by atoms with van der Waals surface area (Å²) in [4.78, 5) is 13.1. The lowest BCUT2D eigenvalue weighted by atomic mass is 10.0. The smallest absolute Gasteiger partial charge is 0.237 e. The average Bonchev–Trinajstić information content (AvgIpc) is 2.28. The first-order valence-corrected chi connectivity index (χ1v) is 4.48. The van der Waals surface area contributed by atoms with Crippen LogP contribution < -0.4 is 0 Å². The highest BCUT2D eigenvalue weighted by Gasteiger charge is 2.34. The van der Waals surface area contributed by atoms with E-state index in [9.17, 15) is 4.79 Å². The number of hydrogen-bond acceptors (Lipinski definition) is 1. The van der Waals surface area contributed by atoms with Gasteiger partial charge in [-0.15, -0.1) is 11.6 Å². The predicted molar refractivity (Wildman–Crippen MR) is 45.7 cm³/mol. The molecule has 0 aromatic carbocycles. The minimum atomic E-state index is 0.0337. The Balaban J connectivity index is 2.64. The van der Waals surface area contributed by atoms with Gasteiger partial charge in [-0.2, -0.15) is 0 Å². The number of likely N-dealkylation sites (tertiary alicyclic amines) is 1. The SMILES string of the molecule is CC1(C)CCCN1C(=O)CCl. The Morgan fingerprint density at radius 3 is 2.64 bits per heavy atom. The summed E-state index contributed by atoms with van der Waals surface area (Å²) in [6.07, 6.45) is 2.20. The highest BCUT2D eigenvalue weighted by atomic mass is 35.5. The predicted octanol–water partition coefficient (Wildman–Crippen LogP) is 1.63. The van der Waals surface area contributed by atoms with Crippen molar-refractivity contribution in [3.63, 3.8) is 0 Å². The van der Waals surface area contributed by atoms with E-state index in [0.29, 0.717) is 0 Å². The summed E-state index contributed by atoms with van der Waals surface area (Å²) in [6.45, 7) is 5.05. The van der Waals surface area contributed by atoms with Crippen molar-refractivity contribution in [2.24, 2.45) is 0 Å². The fraction of sp³-hybridized carbons (Fsp3) is 0.875. The quantitative estimate of drug-likeness (QED) is 0.555. The summed E-state index contributed by atoms with van der Waals surface area (Å²) in [7, 11) is 0. The van der Waals surface area contributed by atoms with Crippen LogP contribution in [0.4, 0.5) is 0 Å². The molecule has 0 bridgehead atoms. The van der Waals surface area contributed by atoms with Crippen molar-refractivity contribution in [3.8, 4) is 0 Å². The van der Waals surface area contributed by atoms with Gasteiger partial charge in [0.25, 0.3) is 0 Å². The van der Waals surface area contributed by atoms with E-state index in [0.717, 1.165) is 19.4 Å². The third-order valence-corrected chi connectivity index (χ3v) is 2.54. The van der Waals surface area contributed by atoms with Crippen molar-refractivity contribution >= 4 is 17.5 Å². The van der Waals surface area contributed by atoms with Crippen LogP contribution in [-0.2, 0) is 4.79 Å². The Morgan fingerprint density at radius 2 is 2.27 bits per heavy atom. The lowest BCUT2D eigenvalue weighted by Gasteiger charge is -2.30. The number of hydrogen-bond donors (Lipinski definition) is 0. The van der Waals surface area contributed by atoms with E-state index >= 15 is 0 Å². The highest BCUT2D eigenvalue weighted by molar-refractivity contribution is 6.27. The van der Waals surface area contributed by atoms with Crippen LogP contribution in [0.2, 0.25) is 0 Å². The summed E-state index contributed by atoms with van der Waals surface area (Å²) < 4.78 is 0. The second kappa shape index (κ2) is 3.02. The molecule has 0 N–H and O–H groups in total. The van der Waals surface area contributed by atoms with Crippen molar-refractivity contribution in [2.45, 2.75) is 32.2 Å². The highest BCUT2D eigenvalue weighted by Crippen LogP contribution is 2.28. The molecule has 0 atom stereocenters. The van der Waals surface area contributed by atoms with Crippen molar-refractivity contribution < 1.29 is 4.79 Å². The Bertz CT molecular complexity index is 167. The molecule has 1 aliphatic heterocycles. The molecule has 0 unspecified atom stereocenters. The number of halogens is 1. The number of nitrogens with zero attached hydrogens (tertiary/aromatic N) is 1. The molecule has 3 heteroatoms. The zero-order valence-electron chi connectivity index (χ0n) is 7.06. The number of alkyl halides is 1. The Labute approximate surface area is 72.5 Å². The summed E-state index contributed by atoms with van der Waals surface area (Å²) in [5.74, 6) is 0.179. The molecule has 1 saturated heterocycles. The minimum absolute atomic E-state index is 0.0337. The largest absolute Gasteiger partial charge is 0.337 e. The summed E-state index contributed by atoms with van der Waals surface area (Å²) in [5.41, 5.74) is 0.0337. The maximum absolute atomic E-state index is 11.2. The van der Waals surface area contributed by atoms with Gasteiger partial charge in [-0.3, -0.25) is 4.79 Å². The zero-order valence-corrected chi connectivity index (χ0v) is 7.82. The standard InChI is InChI=1S/C8H14ClNO/c1-8(2)4-3-5-10(8)7(11)6-9/h3-6H2,1-2H3. The fourth-order valence-electron chi connectivity index (χ4n) is 1.64. The second-order valence-electron chi connectivity index (χ2n) is 3.59. The third-order valence-electron chi connectivity index (χ3n) is 2.32. The van der Waals surface area contributed by atoms with E-state index in [1.165, 1.54) is 0 Å². The van der Waals surface area contributed by atoms with Crippen LogP contribution in [0.1, 0.15) is 26.7 Å². The molecule has 2 nitrogen and oxygen atoms in total. The molecule has 0 saturated carbocycles. The van der Waals surface area contributed by atoms with Gasteiger partial charge in [-0.1, -0.05) is 0 Å². The van der Waals surface area contributed by atoms with E-state index in [1.807, 2.05) is 4.90 Å². The summed E-state index contributed by atoms with van der Waals surface area (Å²) >= 11 is 5.47. The molecule has 11 heavy (non-hydrogen) atoms. The maximum Gasteiger partial charge on any atom is 0.237 e. The summed E-state index contributed by atoms with van der Waals surface area (Å²) in [6, 6.07) is 0. The van der Waals surface area contributed by atoms with E-state index < -0.39 is 0 Å². The van der Waals surface area contributed by atoms with Gasteiger partial charge < -0.3 is 4.90 Å². The van der Waals surface area contributed by atoms with Crippen molar-refractivity contribution in [1.29, 1.82) is 0 Å². The zero-order chi connectivity index (χ0) is 8.48. The molecule has 0 aromatic rings. The van der Waals surface area contributed by atoms with Crippen LogP contribution >= 0.6 is 11.6 Å². The minimum Gasteiger partial charge on any atom is -0.337 e. The van der Waals surface area contributed by atoms with Crippen LogP contribution in [-0.4, -0.2) is 28.8 Å². The first kappa shape index (κ1) is 8.85. The van der Waals surface area contributed by atoms with Crippen LogP contribution in [0.15, 0.2) is 0 Å². The van der Waals surface area contributed by atoms with Gasteiger partial charge >= 0.3 is 0 Å². The fourth-order valence-corrected chi connectivity index (χ4v) is 1.79. The average molecular weight is 176 g/mol. The van der Waals surface area contributed by atoms with E-state index in [4.69, 9.17) is 11.6 Å². The van der Waals surface area contributed by atoms with E-state index in [-0.39, 0.29) is 17.3 Å². The Kier molecular flexibility index (Phi) is 2.43. The number of carbonyl (C=O) groups excluding carboxylic acids is 1. The lowest BCUT2D eigenvalue weighted by molar-refractivity contribution is -0.131. The van der Waals surface area contributed by atoms with Gasteiger partial charge in [0.1, 0.15) is 5.88 Å². The molecule has 1 rings (SSSR count). The second-order valence-corrected chi connectivity index (χ2v) is 3.86. The third kappa shape index (κ3) is 1.67. The van der Waals surface area contributed by atoms with Crippen LogP contribution in [0.3, 0.4) is 0 Å². The first-order chi connectivity index (χ1) is 5.08. The molecular weight excluding hydrogens is 162 g/mol. The van der Waals surface area contributed by atoms with E-state index in [2.05, 4.69) is 13.8 Å². The molecular formula is C8H14ClNO. The molecule has 1 aliphatic rings. The maximum atomic E-state index is 11.2. The number of amides is 1. The van der Waals surface area contributed by atoms with Crippen LogP contribution in [0.25, 0.3) is 0 Å². The van der Waals surface area contributed by atoms with E-state index in [1.54, 1.807) is 0 Å². The first-order valence-electron chi connectivity index (χ1n) is 3.94. The Morgan fingerprint density at radius 1 is 1.64 bits per heavy atom. The van der Waals surface area contributed by atoms with Gasteiger partial charge in [0.05, 0.1) is 0 Å². The van der Waals surface area contributed by atoms with Crippen molar-refractivity contribution in [1.82, 2.24) is 4.90 Å². The van der Waals surface area contributed by atoms with Gasteiger partial charge in [0.15, 0.2) is 0 Å². The molecule has 0 radical (unpaired) electrons. The molecule has 1 amide bonds. The van der Waals surface area contributed by atoms with Crippen LogP contribution in [0.5, 0.6) is 0 Å². The van der Waals surface area contributed by atoms with Gasteiger partial charge in [0.2, 0.25) is 5.91 Å². The van der Waals surface area contributed by atoms with Crippen LogP contribution in [0, 0.1) is 0 Å². The molecule has 0 aliphatic carbocycles. The normalized spacial score (nSPS) is 22.3. The Hall–Kier alpha value is -0.240. The molecule has 0 aromatic heterocycles. The topological polar surface area (TPSA) is 20.3 Å². The molecule has 64 valence electrons. The number of rotatable bonds is 1. The van der Waals surface area contributed by atoms with Gasteiger partial charge in [-0.25, -0.2) is 0 Å². The number of carbonyl (C=O) groups is 1. The van der Waals surface area contributed by atoms with Gasteiger partial charge in [-0.05, 0) is 26.7 Å².